The first kappa shape index (κ1) is 8.47. The maximum absolute atomic E-state index is 8.72. The Balaban J connectivity index is 2.38. The SMILES string of the molecule is N#CC(CO)C1COCCO1. The van der Waals surface area contributed by atoms with E-state index in [1.54, 1.807) is 0 Å². The summed E-state index contributed by atoms with van der Waals surface area (Å²) in [7, 11) is 0. The third kappa shape index (κ3) is 2.15. The highest BCUT2D eigenvalue weighted by Gasteiger charge is 2.23. The van der Waals surface area contributed by atoms with E-state index in [1.165, 1.54) is 0 Å². The van der Waals surface area contributed by atoms with Gasteiger partial charge >= 0.3 is 0 Å². The molecule has 1 aliphatic rings. The van der Waals surface area contributed by atoms with Gasteiger partial charge < -0.3 is 14.6 Å². The number of hydrogen-bond acceptors (Lipinski definition) is 4. The first-order valence-electron chi connectivity index (χ1n) is 3.58. The number of nitriles is 1. The second kappa shape index (κ2) is 4.29. The van der Waals surface area contributed by atoms with E-state index < -0.39 is 5.92 Å². The topological polar surface area (TPSA) is 62.5 Å². The van der Waals surface area contributed by atoms with Crippen molar-refractivity contribution in [2.45, 2.75) is 6.10 Å². The van der Waals surface area contributed by atoms with Crippen LogP contribution in [0.1, 0.15) is 0 Å². The number of aliphatic hydroxyl groups excluding tert-OH is 1. The standard InChI is InChI=1S/C7H11NO3/c8-3-6(4-9)7-5-10-1-2-11-7/h6-7,9H,1-2,4-5H2. The molecule has 1 rings (SSSR count). The minimum atomic E-state index is -0.449. The van der Waals surface area contributed by atoms with Crippen LogP contribution in [-0.4, -0.2) is 37.6 Å². The van der Waals surface area contributed by atoms with Gasteiger partial charge in [-0.1, -0.05) is 0 Å². The molecule has 0 bridgehead atoms. The van der Waals surface area contributed by atoms with E-state index >= 15 is 0 Å². The van der Waals surface area contributed by atoms with Crippen LogP contribution in [0.4, 0.5) is 0 Å². The van der Waals surface area contributed by atoms with Crippen molar-refractivity contribution in [2.24, 2.45) is 5.92 Å². The van der Waals surface area contributed by atoms with Gasteiger partial charge in [0.15, 0.2) is 0 Å². The van der Waals surface area contributed by atoms with Gasteiger partial charge in [0.2, 0.25) is 0 Å². The van der Waals surface area contributed by atoms with E-state index in [-0.39, 0.29) is 12.7 Å². The second-order valence-electron chi connectivity index (χ2n) is 2.40. The van der Waals surface area contributed by atoms with Gasteiger partial charge in [0.05, 0.1) is 44.5 Å². The maximum Gasteiger partial charge on any atom is 0.0989 e. The highest BCUT2D eigenvalue weighted by molar-refractivity contribution is 4.89. The van der Waals surface area contributed by atoms with Crippen molar-refractivity contribution in [3.63, 3.8) is 0 Å². The molecule has 2 atom stereocenters. The highest BCUT2D eigenvalue weighted by Crippen LogP contribution is 2.10. The molecule has 11 heavy (non-hydrogen) atoms. The number of ether oxygens (including phenoxy) is 2. The van der Waals surface area contributed by atoms with Crippen LogP contribution in [0.25, 0.3) is 0 Å². The van der Waals surface area contributed by atoms with Crippen molar-refractivity contribution < 1.29 is 14.6 Å². The average molecular weight is 157 g/mol. The molecule has 4 heteroatoms. The molecular weight excluding hydrogens is 146 g/mol. The van der Waals surface area contributed by atoms with Crippen LogP contribution in [-0.2, 0) is 9.47 Å². The van der Waals surface area contributed by atoms with Gasteiger partial charge in [0, 0.05) is 0 Å². The lowest BCUT2D eigenvalue weighted by molar-refractivity contribution is -0.108. The molecule has 0 aromatic heterocycles. The smallest absolute Gasteiger partial charge is 0.0989 e. The zero-order valence-corrected chi connectivity index (χ0v) is 6.19. The predicted octanol–water partition coefficient (Wildman–Crippen LogP) is -0.466. The van der Waals surface area contributed by atoms with Gasteiger partial charge in [-0.2, -0.15) is 5.26 Å². The molecule has 2 unspecified atom stereocenters. The van der Waals surface area contributed by atoms with Crippen molar-refractivity contribution in [2.75, 3.05) is 26.4 Å². The molecule has 1 fully saturated rings. The van der Waals surface area contributed by atoms with Gasteiger partial charge in [0.1, 0.15) is 0 Å². The summed E-state index contributed by atoms with van der Waals surface area (Å²) in [5.74, 6) is -0.449. The molecule has 1 heterocycles. The summed E-state index contributed by atoms with van der Waals surface area (Å²) in [5, 5.41) is 17.3. The van der Waals surface area contributed by atoms with E-state index in [1.807, 2.05) is 6.07 Å². The molecule has 0 aliphatic carbocycles. The molecule has 1 N–H and O–H groups in total. The van der Waals surface area contributed by atoms with Gasteiger partial charge in [-0.15, -0.1) is 0 Å². The number of nitrogens with zero attached hydrogens (tertiary/aromatic N) is 1. The monoisotopic (exact) mass is 157 g/mol. The first-order valence-corrected chi connectivity index (χ1v) is 3.58. The van der Waals surface area contributed by atoms with Crippen LogP contribution in [0.3, 0.4) is 0 Å². The van der Waals surface area contributed by atoms with Crippen LogP contribution in [0.15, 0.2) is 0 Å². The van der Waals surface area contributed by atoms with Gasteiger partial charge in [-0.25, -0.2) is 0 Å². The van der Waals surface area contributed by atoms with Crippen molar-refractivity contribution >= 4 is 0 Å². The lowest BCUT2D eigenvalue weighted by atomic mass is 10.1. The molecule has 0 amide bonds. The van der Waals surface area contributed by atoms with Crippen molar-refractivity contribution in [3.05, 3.63) is 0 Å². The minimum absolute atomic E-state index is 0.162. The zero-order valence-electron chi connectivity index (χ0n) is 6.19. The fraction of sp³-hybridized carbons (Fsp3) is 0.857. The fourth-order valence-electron chi connectivity index (χ4n) is 0.980. The van der Waals surface area contributed by atoms with Crippen LogP contribution in [0, 0.1) is 17.2 Å². The Hall–Kier alpha value is -0.630. The Morgan fingerprint density at radius 2 is 2.45 bits per heavy atom. The summed E-state index contributed by atoms with van der Waals surface area (Å²) >= 11 is 0. The summed E-state index contributed by atoms with van der Waals surface area (Å²) < 4.78 is 10.3. The van der Waals surface area contributed by atoms with Crippen LogP contribution < -0.4 is 0 Å². The number of aliphatic hydroxyl groups is 1. The third-order valence-electron chi connectivity index (χ3n) is 1.65. The Kier molecular flexibility index (Phi) is 3.30. The van der Waals surface area contributed by atoms with Gasteiger partial charge in [-0.3, -0.25) is 0 Å². The quantitative estimate of drug-likeness (QED) is 0.588. The third-order valence-corrected chi connectivity index (χ3v) is 1.65. The largest absolute Gasteiger partial charge is 0.395 e. The van der Waals surface area contributed by atoms with E-state index in [9.17, 15) is 0 Å². The average Bonchev–Trinajstić information content (AvgIpc) is 2.09. The fourth-order valence-corrected chi connectivity index (χ4v) is 0.980. The summed E-state index contributed by atoms with van der Waals surface area (Å²) in [6.45, 7) is 1.35. The Bertz CT molecular complexity index is 148. The van der Waals surface area contributed by atoms with E-state index in [0.717, 1.165) is 0 Å². The van der Waals surface area contributed by atoms with Crippen molar-refractivity contribution in [1.29, 1.82) is 5.26 Å². The molecule has 1 saturated heterocycles. The molecule has 4 nitrogen and oxygen atoms in total. The normalized spacial score (nSPS) is 27.5. The van der Waals surface area contributed by atoms with Crippen molar-refractivity contribution in [1.82, 2.24) is 0 Å². The summed E-state index contributed by atoms with van der Waals surface area (Å²) in [6, 6.07) is 1.97. The molecule has 0 radical (unpaired) electrons. The van der Waals surface area contributed by atoms with E-state index in [4.69, 9.17) is 19.8 Å². The minimum Gasteiger partial charge on any atom is -0.395 e. The van der Waals surface area contributed by atoms with Gasteiger partial charge in [0.25, 0.3) is 0 Å². The molecular formula is C7H11NO3. The summed E-state index contributed by atoms with van der Waals surface area (Å²) in [5.41, 5.74) is 0. The molecule has 62 valence electrons. The Morgan fingerprint density at radius 1 is 1.64 bits per heavy atom. The molecule has 0 aromatic carbocycles. The second-order valence-corrected chi connectivity index (χ2v) is 2.40. The lowest BCUT2D eigenvalue weighted by Gasteiger charge is -2.25. The van der Waals surface area contributed by atoms with Crippen LogP contribution in [0.2, 0.25) is 0 Å². The Labute approximate surface area is 65.3 Å². The van der Waals surface area contributed by atoms with Crippen LogP contribution in [0.5, 0.6) is 0 Å². The summed E-state index contributed by atoms with van der Waals surface area (Å²) in [4.78, 5) is 0. The van der Waals surface area contributed by atoms with Crippen molar-refractivity contribution in [3.8, 4) is 6.07 Å². The highest BCUT2D eigenvalue weighted by atomic mass is 16.6. The van der Waals surface area contributed by atoms with Crippen LogP contribution >= 0.6 is 0 Å². The molecule has 1 aliphatic heterocycles. The first-order chi connectivity index (χ1) is 5.38. The molecule has 0 spiro atoms. The van der Waals surface area contributed by atoms with E-state index in [2.05, 4.69) is 0 Å². The maximum atomic E-state index is 8.72. The zero-order chi connectivity index (χ0) is 8.10. The number of hydrogen-bond donors (Lipinski definition) is 1. The predicted molar refractivity (Wildman–Crippen MR) is 36.7 cm³/mol. The summed E-state index contributed by atoms with van der Waals surface area (Å²) in [6.07, 6.45) is -0.251. The van der Waals surface area contributed by atoms with E-state index in [0.29, 0.717) is 19.8 Å². The molecule has 0 saturated carbocycles. The van der Waals surface area contributed by atoms with Gasteiger partial charge in [-0.05, 0) is 0 Å². The Morgan fingerprint density at radius 3 is 2.91 bits per heavy atom. The lowest BCUT2D eigenvalue weighted by Crippen LogP contribution is -2.36. The molecule has 0 aromatic rings. The number of rotatable bonds is 2.